The summed E-state index contributed by atoms with van der Waals surface area (Å²) >= 11 is 1.46. The van der Waals surface area contributed by atoms with Crippen LogP contribution in [0.25, 0.3) is 0 Å². The minimum atomic E-state index is -1.02. The molecule has 1 heterocycles. The molecule has 1 aromatic rings. The van der Waals surface area contributed by atoms with Gasteiger partial charge in [0.1, 0.15) is 11.0 Å². The van der Waals surface area contributed by atoms with Gasteiger partial charge in [0.15, 0.2) is 0 Å². The highest BCUT2D eigenvalue weighted by atomic mass is 32.1. The molecule has 0 aliphatic carbocycles. The number of hydrogen-bond acceptors (Lipinski definition) is 4. The zero-order valence-corrected chi connectivity index (χ0v) is 11.2. The number of aliphatic carboxylic acids is 1. The topological polar surface area (TPSA) is 91.3 Å². The summed E-state index contributed by atoms with van der Waals surface area (Å²) in [7, 11) is 0. The van der Waals surface area contributed by atoms with E-state index in [4.69, 9.17) is 5.11 Å². The molecule has 0 saturated carbocycles. The van der Waals surface area contributed by atoms with E-state index in [0.717, 1.165) is 10.7 Å². The van der Waals surface area contributed by atoms with E-state index in [1.54, 1.807) is 0 Å². The summed E-state index contributed by atoms with van der Waals surface area (Å²) in [4.78, 5) is 26.5. The van der Waals surface area contributed by atoms with Gasteiger partial charge >= 0.3 is 12.0 Å². The molecule has 7 heteroatoms. The number of nitrogens with zero attached hydrogens (tertiary/aromatic N) is 1. The molecular weight excluding hydrogens is 254 g/mol. The maximum atomic E-state index is 11.5. The highest BCUT2D eigenvalue weighted by Crippen LogP contribution is 2.07. The van der Waals surface area contributed by atoms with Gasteiger partial charge in [0.2, 0.25) is 0 Å². The molecule has 100 valence electrons. The Morgan fingerprint density at radius 1 is 1.56 bits per heavy atom. The van der Waals surface area contributed by atoms with E-state index < -0.39 is 18.0 Å². The number of carbonyl (C=O) groups is 2. The van der Waals surface area contributed by atoms with Gasteiger partial charge < -0.3 is 15.7 Å². The number of amides is 2. The van der Waals surface area contributed by atoms with Crippen molar-refractivity contribution in [3.8, 4) is 0 Å². The van der Waals surface area contributed by atoms with Crippen LogP contribution in [0.4, 0.5) is 4.79 Å². The lowest BCUT2D eigenvalue weighted by Crippen LogP contribution is -2.45. The van der Waals surface area contributed by atoms with E-state index in [0.29, 0.717) is 19.4 Å². The molecule has 0 fully saturated rings. The monoisotopic (exact) mass is 271 g/mol. The first kappa shape index (κ1) is 14.4. The molecule has 0 radical (unpaired) electrons. The van der Waals surface area contributed by atoms with Gasteiger partial charge in [0, 0.05) is 11.1 Å². The van der Waals surface area contributed by atoms with Gasteiger partial charge in [0.25, 0.3) is 0 Å². The highest BCUT2D eigenvalue weighted by Gasteiger charge is 2.18. The lowest BCUT2D eigenvalue weighted by atomic mass is 10.2. The zero-order valence-electron chi connectivity index (χ0n) is 10.4. The molecule has 1 aromatic heterocycles. The molecule has 18 heavy (non-hydrogen) atoms. The van der Waals surface area contributed by atoms with E-state index >= 15 is 0 Å². The quantitative estimate of drug-likeness (QED) is 0.731. The van der Waals surface area contributed by atoms with Crippen molar-refractivity contribution in [2.45, 2.75) is 39.3 Å². The summed E-state index contributed by atoms with van der Waals surface area (Å²) in [5.74, 6) is -1.02. The number of carbonyl (C=O) groups excluding carboxylic acids is 1. The number of urea groups is 1. The SMILES string of the molecule is CCC[C@H](NC(=O)NCc1nc(C)cs1)C(=O)O. The molecule has 0 bridgehead atoms. The van der Waals surface area contributed by atoms with Crippen LogP contribution in [-0.2, 0) is 11.3 Å². The van der Waals surface area contributed by atoms with Crippen LogP contribution in [-0.4, -0.2) is 28.1 Å². The number of carboxylic acid groups (broad SMARTS) is 1. The fourth-order valence-corrected chi connectivity index (χ4v) is 2.11. The second-order valence-electron chi connectivity index (χ2n) is 3.89. The van der Waals surface area contributed by atoms with Crippen molar-refractivity contribution in [1.82, 2.24) is 15.6 Å². The second kappa shape index (κ2) is 6.95. The molecule has 6 nitrogen and oxygen atoms in total. The first-order valence-electron chi connectivity index (χ1n) is 5.71. The standard InChI is InChI=1S/C11H17N3O3S/c1-3-4-8(10(15)16)14-11(17)12-5-9-13-7(2)6-18-9/h6,8H,3-5H2,1-2H3,(H,15,16)(H2,12,14,17)/t8-/m0/s1. The van der Waals surface area contributed by atoms with Gasteiger partial charge in [-0.15, -0.1) is 11.3 Å². The van der Waals surface area contributed by atoms with E-state index in [1.807, 2.05) is 19.2 Å². The fourth-order valence-electron chi connectivity index (χ4n) is 1.40. The Labute approximate surface area is 109 Å². The summed E-state index contributed by atoms with van der Waals surface area (Å²) in [6, 6.07) is -1.32. The summed E-state index contributed by atoms with van der Waals surface area (Å²) in [5, 5.41) is 16.6. The van der Waals surface area contributed by atoms with E-state index in [9.17, 15) is 9.59 Å². The summed E-state index contributed by atoms with van der Waals surface area (Å²) in [6.07, 6.45) is 1.11. The van der Waals surface area contributed by atoms with Crippen LogP contribution in [0.2, 0.25) is 0 Å². The maximum absolute atomic E-state index is 11.5. The van der Waals surface area contributed by atoms with Crippen LogP contribution in [0.15, 0.2) is 5.38 Å². The van der Waals surface area contributed by atoms with Crippen molar-refractivity contribution in [2.75, 3.05) is 0 Å². The number of thiazole rings is 1. The molecule has 1 atom stereocenters. The van der Waals surface area contributed by atoms with E-state index in [2.05, 4.69) is 15.6 Å². The van der Waals surface area contributed by atoms with Crippen molar-refractivity contribution in [1.29, 1.82) is 0 Å². The van der Waals surface area contributed by atoms with Crippen LogP contribution < -0.4 is 10.6 Å². The number of nitrogens with one attached hydrogen (secondary N) is 2. The Bertz CT molecular complexity index is 419. The van der Waals surface area contributed by atoms with Crippen molar-refractivity contribution < 1.29 is 14.7 Å². The van der Waals surface area contributed by atoms with Crippen molar-refractivity contribution in [2.24, 2.45) is 0 Å². The number of rotatable bonds is 6. The van der Waals surface area contributed by atoms with Crippen LogP contribution in [0, 0.1) is 6.92 Å². The number of aryl methyl sites for hydroxylation is 1. The molecule has 0 spiro atoms. The lowest BCUT2D eigenvalue weighted by molar-refractivity contribution is -0.139. The smallest absolute Gasteiger partial charge is 0.326 e. The van der Waals surface area contributed by atoms with Crippen molar-refractivity contribution in [3.05, 3.63) is 16.1 Å². The summed E-state index contributed by atoms with van der Waals surface area (Å²) in [5.41, 5.74) is 0.909. The van der Waals surface area contributed by atoms with Gasteiger partial charge in [-0.2, -0.15) is 0 Å². The lowest BCUT2D eigenvalue weighted by Gasteiger charge is -2.13. The average molecular weight is 271 g/mol. The Morgan fingerprint density at radius 2 is 2.28 bits per heavy atom. The Hall–Kier alpha value is -1.63. The van der Waals surface area contributed by atoms with Crippen LogP contribution >= 0.6 is 11.3 Å². The van der Waals surface area contributed by atoms with Gasteiger partial charge in [-0.05, 0) is 13.3 Å². The number of aromatic nitrogens is 1. The fraction of sp³-hybridized carbons (Fsp3) is 0.545. The Balaban J connectivity index is 2.38. The normalized spacial score (nSPS) is 11.9. The first-order chi connectivity index (χ1) is 8.52. The maximum Gasteiger partial charge on any atom is 0.326 e. The third-order valence-corrected chi connectivity index (χ3v) is 3.21. The van der Waals surface area contributed by atoms with Gasteiger partial charge in [-0.1, -0.05) is 13.3 Å². The van der Waals surface area contributed by atoms with Crippen LogP contribution in [0.3, 0.4) is 0 Å². The van der Waals surface area contributed by atoms with Gasteiger partial charge in [-0.25, -0.2) is 14.6 Å². The molecule has 0 unspecified atom stereocenters. The summed E-state index contributed by atoms with van der Waals surface area (Å²) in [6.45, 7) is 4.05. The minimum absolute atomic E-state index is 0.308. The molecule has 0 aromatic carbocycles. The predicted molar refractivity (Wildman–Crippen MR) is 68.6 cm³/mol. The largest absolute Gasteiger partial charge is 0.480 e. The Morgan fingerprint density at radius 3 is 2.78 bits per heavy atom. The van der Waals surface area contributed by atoms with Crippen molar-refractivity contribution >= 4 is 23.3 Å². The molecule has 0 aliphatic rings. The highest BCUT2D eigenvalue weighted by molar-refractivity contribution is 7.09. The van der Waals surface area contributed by atoms with E-state index in [-0.39, 0.29) is 0 Å². The van der Waals surface area contributed by atoms with Gasteiger partial charge in [-0.3, -0.25) is 0 Å². The molecule has 2 amide bonds. The summed E-state index contributed by atoms with van der Waals surface area (Å²) < 4.78 is 0. The number of carboxylic acids is 1. The Kier molecular flexibility index (Phi) is 5.57. The third-order valence-electron chi connectivity index (χ3n) is 2.25. The van der Waals surface area contributed by atoms with E-state index in [1.165, 1.54) is 11.3 Å². The second-order valence-corrected chi connectivity index (χ2v) is 4.83. The molecular formula is C11H17N3O3S. The minimum Gasteiger partial charge on any atom is -0.480 e. The first-order valence-corrected chi connectivity index (χ1v) is 6.59. The molecule has 1 rings (SSSR count). The zero-order chi connectivity index (χ0) is 13.5. The average Bonchev–Trinajstić information content (AvgIpc) is 2.72. The van der Waals surface area contributed by atoms with Crippen molar-refractivity contribution in [3.63, 3.8) is 0 Å². The number of hydrogen-bond donors (Lipinski definition) is 3. The van der Waals surface area contributed by atoms with Gasteiger partial charge in [0.05, 0.1) is 6.54 Å². The molecule has 3 N–H and O–H groups in total. The predicted octanol–water partition coefficient (Wildman–Crippen LogP) is 1.50. The van der Waals surface area contributed by atoms with Crippen LogP contribution in [0.1, 0.15) is 30.5 Å². The molecule has 0 saturated heterocycles. The van der Waals surface area contributed by atoms with Crippen LogP contribution in [0.5, 0.6) is 0 Å². The molecule has 0 aliphatic heterocycles. The third kappa shape index (κ3) is 4.70.